The Morgan fingerprint density at radius 2 is 1.54 bits per heavy atom. The first-order chi connectivity index (χ1) is 32.9. The van der Waals surface area contributed by atoms with Gasteiger partial charge in [-0.15, -0.1) is 5.10 Å². The molecule has 3 aromatic heterocycles. The number of piperidine rings is 1. The summed E-state index contributed by atoms with van der Waals surface area (Å²) in [4.78, 5) is 55.1. The summed E-state index contributed by atoms with van der Waals surface area (Å²) >= 11 is 0. The summed E-state index contributed by atoms with van der Waals surface area (Å²) in [5, 5.41) is 10.9. The van der Waals surface area contributed by atoms with Crippen LogP contribution in [0.2, 0.25) is 0 Å². The first kappa shape index (κ1) is 46.1. The highest BCUT2D eigenvalue weighted by molar-refractivity contribution is 6.00. The molecular formula is C49H59FN10O7. The van der Waals surface area contributed by atoms with E-state index in [1.807, 2.05) is 57.9 Å². The molecule has 18 heteroatoms. The van der Waals surface area contributed by atoms with Crippen LogP contribution in [0, 0.1) is 5.82 Å². The minimum atomic E-state index is -0.280. The van der Waals surface area contributed by atoms with Crippen LogP contribution in [0.3, 0.4) is 0 Å². The van der Waals surface area contributed by atoms with Crippen LogP contribution in [-0.2, 0) is 46.4 Å². The van der Waals surface area contributed by atoms with Crippen molar-refractivity contribution in [2.24, 2.45) is 0 Å². The lowest BCUT2D eigenvalue weighted by Crippen LogP contribution is -2.50. The van der Waals surface area contributed by atoms with Gasteiger partial charge in [-0.1, -0.05) is 30.3 Å². The van der Waals surface area contributed by atoms with Gasteiger partial charge in [-0.3, -0.25) is 24.6 Å². The Bertz CT molecular complexity index is 2500. The predicted molar refractivity (Wildman–Crippen MR) is 249 cm³/mol. The number of imide groups is 1. The molecule has 0 aliphatic carbocycles. The topological polar surface area (TPSA) is 168 Å². The van der Waals surface area contributed by atoms with Gasteiger partial charge in [0.05, 0.1) is 83.3 Å². The van der Waals surface area contributed by atoms with Gasteiger partial charge in [0.25, 0.3) is 0 Å². The maximum absolute atomic E-state index is 14.1. The van der Waals surface area contributed by atoms with Crippen LogP contribution in [0.4, 0.5) is 21.7 Å². The van der Waals surface area contributed by atoms with Crippen LogP contribution < -0.4 is 20.4 Å². The molecule has 3 fully saturated rings. The third-order valence-corrected chi connectivity index (χ3v) is 12.9. The number of benzene rings is 2. The van der Waals surface area contributed by atoms with Crippen LogP contribution in [0.5, 0.6) is 0 Å². The summed E-state index contributed by atoms with van der Waals surface area (Å²) in [5.41, 5.74) is 6.63. The number of hydrogen-bond acceptors (Lipinski definition) is 14. The molecular weight excluding hydrogens is 860 g/mol. The van der Waals surface area contributed by atoms with E-state index in [-0.39, 0.29) is 35.6 Å². The number of halogens is 1. The van der Waals surface area contributed by atoms with E-state index < -0.39 is 0 Å². The molecule has 2 aromatic carbocycles. The number of rotatable bonds is 21. The number of carbonyl (C=O) groups excluding carboxylic acids is 3. The normalized spacial score (nSPS) is 18.8. The summed E-state index contributed by atoms with van der Waals surface area (Å²) < 4.78 is 38.6. The molecule has 7 heterocycles. The lowest BCUT2D eigenvalue weighted by molar-refractivity contribution is -0.138. The van der Waals surface area contributed by atoms with E-state index in [1.54, 1.807) is 18.3 Å². The van der Waals surface area contributed by atoms with Gasteiger partial charge in [-0.25, -0.2) is 18.9 Å². The van der Waals surface area contributed by atoms with Crippen LogP contribution in [0.15, 0.2) is 79.0 Å². The molecule has 4 aliphatic rings. The van der Waals surface area contributed by atoms with Crippen molar-refractivity contribution in [1.82, 2.24) is 34.7 Å². The summed E-state index contributed by atoms with van der Waals surface area (Å²) in [6.07, 6.45) is 4.97. The van der Waals surface area contributed by atoms with Gasteiger partial charge in [-0.2, -0.15) is 0 Å². The molecule has 0 bridgehead atoms. The van der Waals surface area contributed by atoms with Crippen LogP contribution in [-0.4, -0.2) is 145 Å². The monoisotopic (exact) mass is 918 g/mol. The SMILES string of the molecule is O=C1CCC(N2Cc3cccc(NCCOCCOCCOCCOCCC(=O)N4CCN(c5cccc(-c6cnc7ccc(N8CCC[C@@H]8c8cccc(F)c8)nn67)n5)CC4)c3C2)C(=O)N1. The molecule has 4 aliphatic heterocycles. The molecule has 17 nitrogen and oxygen atoms in total. The van der Waals surface area contributed by atoms with Gasteiger partial charge < -0.3 is 39.0 Å². The smallest absolute Gasteiger partial charge is 0.243 e. The van der Waals surface area contributed by atoms with Crippen molar-refractivity contribution in [2.75, 3.05) is 107 Å². The second-order valence-corrected chi connectivity index (χ2v) is 17.2. The van der Waals surface area contributed by atoms with Crippen molar-refractivity contribution < 1.29 is 37.7 Å². The number of amides is 3. The van der Waals surface area contributed by atoms with Crippen molar-refractivity contribution in [2.45, 2.75) is 57.3 Å². The van der Waals surface area contributed by atoms with E-state index >= 15 is 0 Å². The lowest BCUT2D eigenvalue weighted by Gasteiger charge is -2.35. The number of hydrogen-bond donors (Lipinski definition) is 2. The zero-order valence-electron chi connectivity index (χ0n) is 37.8. The number of ether oxygens (including phenoxy) is 4. The van der Waals surface area contributed by atoms with Gasteiger partial charge in [0.1, 0.15) is 23.1 Å². The van der Waals surface area contributed by atoms with Crippen molar-refractivity contribution in [3.8, 4) is 11.4 Å². The number of nitrogens with one attached hydrogen (secondary N) is 2. The van der Waals surface area contributed by atoms with Gasteiger partial charge in [0, 0.05) is 64.5 Å². The number of pyridine rings is 1. The molecule has 1 unspecified atom stereocenters. The van der Waals surface area contributed by atoms with E-state index in [1.165, 1.54) is 17.2 Å². The molecule has 2 atom stereocenters. The number of aromatic nitrogens is 4. The zero-order chi connectivity index (χ0) is 46.0. The van der Waals surface area contributed by atoms with Gasteiger partial charge >= 0.3 is 0 Å². The molecule has 3 amide bonds. The Labute approximate surface area is 389 Å². The van der Waals surface area contributed by atoms with E-state index in [2.05, 4.69) is 36.4 Å². The van der Waals surface area contributed by atoms with E-state index in [0.29, 0.717) is 118 Å². The molecule has 9 rings (SSSR count). The quantitative estimate of drug-likeness (QED) is 0.0774. The standard InChI is InChI=1S/C49H59FN10O7/c50-37-7-1-5-35(31-37)41-10-4-18-59(41)46-14-13-44-52-32-43(60(44)55-46)40-9-3-11-45(53-40)56-19-21-57(22-20-56)48(62)16-23-64-25-27-66-29-30-67-28-26-65-24-17-51-39-8-2-6-36-33-58(34-38(36)39)42-12-15-47(61)54-49(42)63/h1-3,5-9,11,13-14,31-32,41-42,51H,4,10,12,15-30,33-34H2,(H,54,61,63)/t41-,42?/m1/s1. The second kappa shape index (κ2) is 22.2. The fourth-order valence-electron chi connectivity index (χ4n) is 9.42. The predicted octanol–water partition coefficient (Wildman–Crippen LogP) is 4.61. The molecule has 3 saturated heterocycles. The third kappa shape index (κ3) is 11.4. The highest BCUT2D eigenvalue weighted by atomic mass is 19.1. The van der Waals surface area contributed by atoms with Gasteiger partial charge in [0.2, 0.25) is 17.7 Å². The number of carbonyl (C=O) groups is 3. The largest absolute Gasteiger partial charge is 0.382 e. The van der Waals surface area contributed by atoms with Crippen molar-refractivity contribution in [1.29, 1.82) is 0 Å². The number of nitrogens with zero attached hydrogens (tertiary/aromatic N) is 8. The maximum Gasteiger partial charge on any atom is 0.243 e. The Morgan fingerprint density at radius 1 is 0.776 bits per heavy atom. The summed E-state index contributed by atoms with van der Waals surface area (Å²) in [6.45, 7) is 8.87. The Morgan fingerprint density at radius 3 is 2.33 bits per heavy atom. The number of imidazole rings is 1. The zero-order valence-corrected chi connectivity index (χ0v) is 37.8. The number of anilines is 3. The molecule has 0 saturated carbocycles. The molecule has 354 valence electrons. The first-order valence-corrected chi connectivity index (χ1v) is 23.5. The average molecular weight is 919 g/mol. The lowest BCUT2D eigenvalue weighted by atomic mass is 10.0. The van der Waals surface area contributed by atoms with E-state index in [4.69, 9.17) is 29.0 Å². The van der Waals surface area contributed by atoms with Crippen molar-refractivity contribution >= 4 is 40.7 Å². The Kier molecular flexibility index (Phi) is 15.2. The van der Waals surface area contributed by atoms with Gasteiger partial charge in [0.15, 0.2) is 5.65 Å². The summed E-state index contributed by atoms with van der Waals surface area (Å²) in [7, 11) is 0. The Hall–Kier alpha value is -6.05. The highest BCUT2D eigenvalue weighted by Crippen LogP contribution is 2.36. The van der Waals surface area contributed by atoms with E-state index in [9.17, 15) is 18.8 Å². The average Bonchev–Trinajstić information content (AvgIpc) is 4.12. The highest BCUT2D eigenvalue weighted by Gasteiger charge is 2.35. The second-order valence-electron chi connectivity index (χ2n) is 17.2. The fourth-order valence-corrected chi connectivity index (χ4v) is 9.42. The minimum Gasteiger partial charge on any atom is -0.382 e. The Balaban J connectivity index is 0.613. The first-order valence-electron chi connectivity index (χ1n) is 23.5. The van der Waals surface area contributed by atoms with Crippen LogP contribution in [0.25, 0.3) is 17.0 Å². The van der Waals surface area contributed by atoms with Gasteiger partial charge in [-0.05, 0) is 78.4 Å². The minimum absolute atomic E-state index is 0.0539. The number of piperazine rings is 1. The molecule has 0 radical (unpaired) electrons. The third-order valence-electron chi connectivity index (χ3n) is 12.9. The fraction of sp³-hybridized carbons (Fsp3) is 0.469. The van der Waals surface area contributed by atoms with Crippen molar-refractivity contribution in [3.63, 3.8) is 0 Å². The molecule has 2 N–H and O–H groups in total. The van der Waals surface area contributed by atoms with E-state index in [0.717, 1.165) is 59.3 Å². The molecule has 0 spiro atoms. The maximum atomic E-state index is 14.1. The number of fused-ring (bicyclic) bond motifs is 2. The van der Waals surface area contributed by atoms with Crippen LogP contribution >= 0.6 is 0 Å². The van der Waals surface area contributed by atoms with Crippen molar-refractivity contribution in [3.05, 3.63) is 102 Å². The molecule has 5 aromatic rings. The van der Waals surface area contributed by atoms with Crippen LogP contribution in [0.1, 0.15) is 54.8 Å². The molecule has 67 heavy (non-hydrogen) atoms. The summed E-state index contributed by atoms with van der Waals surface area (Å²) in [6, 6.07) is 22.7. The summed E-state index contributed by atoms with van der Waals surface area (Å²) in [5.74, 6) is 1.09.